The molecule has 0 bridgehead atoms. The van der Waals surface area contributed by atoms with Crippen molar-refractivity contribution in [3.05, 3.63) is 83.3 Å². The van der Waals surface area contributed by atoms with Gasteiger partial charge in [0.25, 0.3) is 5.91 Å². The first-order chi connectivity index (χ1) is 20.4. The second-order valence-corrected chi connectivity index (χ2v) is 10.8. The number of fused-ring (bicyclic) bond motifs is 2. The molecule has 4 heterocycles. The highest BCUT2D eigenvalue weighted by Gasteiger charge is 2.25. The first kappa shape index (κ1) is 27.3. The number of nitrogens with one attached hydrogen (secondary N) is 4. The van der Waals surface area contributed by atoms with Crippen LogP contribution < -0.4 is 20.9 Å². The molecule has 0 saturated carbocycles. The number of hydrogen-bond donors (Lipinski definition) is 5. The van der Waals surface area contributed by atoms with Gasteiger partial charge in [-0.2, -0.15) is 0 Å². The van der Waals surface area contributed by atoms with Gasteiger partial charge in [-0.25, -0.2) is 9.78 Å². The number of carbonyl (C=O) groups is 2. The molecule has 5 N–H and O–H groups in total. The highest BCUT2D eigenvalue weighted by Crippen LogP contribution is 2.39. The third-order valence-corrected chi connectivity index (χ3v) is 7.84. The van der Waals surface area contributed by atoms with Gasteiger partial charge in [0, 0.05) is 66.5 Å². The van der Waals surface area contributed by atoms with E-state index >= 15 is 0 Å². The number of pyridine rings is 2. The summed E-state index contributed by atoms with van der Waals surface area (Å²) in [5, 5.41) is 20.7. The monoisotopic (exact) mass is 583 g/mol. The van der Waals surface area contributed by atoms with Gasteiger partial charge in [0.2, 0.25) is 0 Å². The molecule has 0 aliphatic carbocycles. The Morgan fingerprint density at radius 2 is 2.00 bits per heavy atom. The highest BCUT2D eigenvalue weighted by atomic mass is 35.5. The number of halogens is 1. The molecule has 5 aromatic rings. The van der Waals surface area contributed by atoms with Crippen molar-refractivity contribution in [3.63, 3.8) is 0 Å². The summed E-state index contributed by atoms with van der Waals surface area (Å²) in [5.41, 5.74) is 6.68. The molecule has 214 valence electrons. The van der Waals surface area contributed by atoms with Crippen LogP contribution in [-0.4, -0.2) is 58.2 Å². The molecule has 0 radical (unpaired) electrons. The van der Waals surface area contributed by atoms with E-state index in [0.29, 0.717) is 29.3 Å². The van der Waals surface area contributed by atoms with E-state index in [4.69, 9.17) is 16.6 Å². The molecule has 2 aromatic carbocycles. The maximum Gasteiger partial charge on any atom is 0.404 e. The van der Waals surface area contributed by atoms with Crippen LogP contribution in [0.15, 0.2) is 67.1 Å². The second-order valence-electron chi connectivity index (χ2n) is 10.4. The predicted molar refractivity (Wildman–Crippen MR) is 165 cm³/mol. The maximum absolute atomic E-state index is 12.3. The summed E-state index contributed by atoms with van der Waals surface area (Å²) in [6, 6.07) is 15.5. The molecule has 1 aliphatic rings. The van der Waals surface area contributed by atoms with Crippen molar-refractivity contribution >= 4 is 56.9 Å². The minimum Gasteiger partial charge on any atom is -0.465 e. The Labute approximate surface area is 247 Å². The van der Waals surface area contributed by atoms with Crippen molar-refractivity contribution in [2.24, 2.45) is 0 Å². The number of benzene rings is 2. The Hall–Kier alpha value is -4.83. The molecule has 1 atom stereocenters. The molecular weight excluding hydrogens is 554 g/mol. The smallest absolute Gasteiger partial charge is 0.404 e. The first-order valence-electron chi connectivity index (χ1n) is 13.7. The quantitative estimate of drug-likeness (QED) is 0.167. The average molecular weight is 584 g/mol. The summed E-state index contributed by atoms with van der Waals surface area (Å²) in [4.78, 5) is 38.4. The van der Waals surface area contributed by atoms with Gasteiger partial charge in [-0.3, -0.25) is 9.78 Å². The number of carboxylic acid groups (broad SMARTS) is 1. The van der Waals surface area contributed by atoms with Gasteiger partial charge in [0.1, 0.15) is 5.65 Å². The van der Waals surface area contributed by atoms with Gasteiger partial charge in [0.15, 0.2) is 0 Å². The third-order valence-electron chi connectivity index (χ3n) is 7.61. The third kappa shape index (κ3) is 5.53. The van der Waals surface area contributed by atoms with Crippen molar-refractivity contribution < 1.29 is 14.7 Å². The molecule has 0 unspecified atom stereocenters. The van der Waals surface area contributed by atoms with Crippen LogP contribution in [0.2, 0.25) is 5.02 Å². The number of aromatic amines is 1. The second kappa shape index (κ2) is 11.6. The molecule has 11 heteroatoms. The Kier molecular flexibility index (Phi) is 7.54. The summed E-state index contributed by atoms with van der Waals surface area (Å²) in [5.74, 6) is -0.202. The lowest BCUT2D eigenvalue weighted by Gasteiger charge is -2.36. The lowest BCUT2D eigenvalue weighted by Crippen LogP contribution is -2.47. The van der Waals surface area contributed by atoms with Gasteiger partial charge in [-0.05, 0) is 54.3 Å². The van der Waals surface area contributed by atoms with Crippen LogP contribution >= 0.6 is 11.6 Å². The number of piperidine rings is 1. The zero-order valence-electron chi connectivity index (χ0n) is 22.9. The molecule has 1 aliphatic heterocycles. The summed E-state index contributed by atoms with van der Waals surface area (Å²) in [7, 11) is 1.59. The molecule has 1 saturated heterocycles. The minimum atomic E-state index is -1.02. The van der Waals surface area contributed by atoms with Crippen LogP contribution in [0.25, 0.3) is 33.1 Å². The molecule has 42 heavy (non-hydrogen) atoms. The molecule has 0 spiro atoms. The highest BCUT2D eigenvalue weighted by molar-refractivity contribution is 6.30. The van der Waals surface area contributed by atoms with Gasteiger partial charge in [0.05, 0.1) is 28.7 Å². The predicted octanol–water partition coefficient (Wildman–Crippen LogP) is 5.64. The van der Waals surface area contributed by atoms with Crippen LogP contribution in [0.1, 0.15) is 28.8 Å². The number of rotatable bonds is 7. The fourth-order valence-electron chi connectivity index (χ4n) is 5.64. The van der Waals surface area contributed by atoms with Gasteiger partial charge in [-0.15, -0.1) is 0 Å². The van der Waals surface area contributed by atoms with Crippen LogP contribution in [-0.2, 0) is 6.54 Å². The number of H-pyrrole nitrogens is 1. The van der Waals surface area contributed by atoms with Crippen LogP contribution in [0, 0.1) is 0 Å². The number of nitrogens with zero attached hydrogens (tertiary/aromatic N) is 3. The number of carbonyl (C=O) groups excluding carboxylic acids is 1. The van der Waals surface area contributed by atoms with E-state index in [9.17, 15) is 14.7 Å². The SMILES string of the molecule is CNC(=O)c1cnc2[nH]cc(-c3ccc4ncc(NCc5cccc(Cl)c5)c(N5CCC[C@H](NC(=O)O)C5)c4c3)c2c1. The molecule has 3 aromatic heterocycles. The number of anilines is 2. The van der Waals surface area contributed by atoms with E-state index in [2.05, 4.69) is 36.9 Å². The molecule has 6 rings (SSSR count). The zero-order chi connectivity index (χ0) is 29.2. The summed E-state index contributed by atoms with van der Waals surface area (Å²) in [6.07, 6.45) is 5.89. The minimum absolute atomic E-state index is 0.189. The van der Waals surface area contributed by atoms with Crippen molar-refractivity contribution in [1.82, 2.24) is 25.6 Å². The molecule has 1 fully saturated rings. The van der Waals surface area contributed by atoms with E-state index < -0.39 is 6.09 Å². The van der Waals surface area contributed by atoms with E-state index in [1.54, 1.807) is 13.2 Å². The molecule has 10 nitrogen and oxygen atoms in total. The van der Waals surface area contributed by atoms with E-state index in [1.807, 2.05) is 54.9 Å². The largest absolute Gasteiger partial charge is 0.465 e. The summed E-state index contributed by atoms with van der Waals surface area (Å²) >= 11 is 6.23. The van der Waals surface area contributed by atoms with Gasteiger partial charge >= 0.3 is 6.09 Å². The summed E-state index contributed by atoms with van der Waals surface area (Å²) in [6.45, 7) is 1.86. The van der Waals surface area contributed by atoms with Crippen LogP contribution in [0.3, 0.4) is 0 Å². The zero-order valence-corrected chi connectivity index (χ0v) is 23.7. The maximum atomic E-state index is 12.3. The van der Waals surface area contributed by atoms with Gasteiger partial charge in [-0.1, -0.05) is 29.8 Å². The van der Waals surface area contributed by atoms with E-state index in [1.165, 1.54) is 0 Å². The van der Waals surface area contributed by atoms with E-state index in [-0.39, 0.29) is 11.9 Å². The van der Waals surface area contributed by atoms with Crippen molar-refractivity contribution in [2.75, 3.05) is 30.4 Å². The lowest BCUT2D eigenvalue weighted by molar-refractivity contribution is 0.0963. The Balaban J connectivity index is 1.45. The Morgan fingerprint density at radius 3 is 2.81 bits per heavy atom. The summed E-state index contributed by atoms with van der Waals surface area (Å²) < 4.78 is 0. The Bertz CT molecular complexity index is 1800. The van der Waals surface area contributed by atoms with Crippen molar-refractivity contribution in [3.8, 4) is 11.1 Å². The van der Waals surface area contributed by atoms with Gasteiger partial charge < -0.3 is 30.9 Å². The Morgan fingerprint density at radius 1 is 1.12 bits per heavy atom. The van der Waals surface area contributed by atoms with Crippen LogP contribution in [0.4, 0.5) is 16.2 Å². The molecule has 2 amide bonds. The first-order valence-corrected chi connectivity index (χ1v) is 14.1. The topological polar surface area (TPSA) is 135 Å². The average Bonchev–Trinajstić information content (AvgIpc) is 3.42. The fraction of sp³-hybridized carbons (Fsp3) is 0.226. The normalized spacial score (nSPS) is 15.1. The number of aromatic nitrogens is 3. The van der Waals surface area contributed by atoms with E-state index in [0.717, 1.165) is 63.7 Å². The van der Waals surface area contributed by atoms with Crippen molar-refractivity contribution in [1.29, 1.82) is 0 Å². The fourth-order valence-corrected chi connectivity index (χ4v) is 5.86. The number of amides is 2. The number of hydrogen-bond acceptors (Lipinski definition) is 6. The van der Waals surface area contributed by atoms with Crippen molar-refractivity contribution in [2.45, 2.75) is 25.4 Å². The van der Waals surface area contributed by atoms with Crippen LogP contribution in [0.5, 0.6) is 0 Å². The standard InChI is InChI=1S/C31H30ClN7O3/c1-33-30(40)20-12-23-25(15-37-29(23)36-14-20)19-7-8-26-24(11-19)28(39-9-3-6-22(17-39)38-31(41)42)27(16-35-26)34-13-18-4-2-5-21(32)10-18/h2,4-5,7-8,10-12,14-16,22,34,38H,3,6,9,13,17H2,1H3,(H,33,40)(H,36,37)(H,41,42)/t22-/m0/s1. The lowest BCUT2D eigenvalue weighted by atomic mass is 9.99. The molecular formula is C31H30ClN7O3.